The molecule has 1 heteroatoms. The zero-order valence-electron chi connectivity index (χ0n) is 20.6. The molecule has 1 atom stereocenters. The Morgan fingerprint density at radius 1 is 0.545 bits per heavy atom. The maximum Gasteiger partial charge on any atom is 0.157 e. The van der Waals surface area contributed by atoms with Crippen LogP contribution in [0.4, 0.5) is 0 Å². The molecule has 4 aromatic rings. The van der Waals surface area contributed by atoms with Crippen molar-refractivity contribution in [2.24, 2.45) is 0 Å². The lowest BCUT2D eigenvalue weighted by atomic mass is 9.83. The number of fused-ring (bicyclic) bond motifs is 8. The van der Waals surface area contributed by atoms with Crippen molar-refractivity contribution < 1.29 is 0 Å². The number of aryl methyl sites for hydroxylation is 6. The lowest BCUT2D eigenvalue weighted by molar-refractivity contribution is 0.795. The van der Waals surface area contributed by atoms with Crippen LogP contribution in [-0.4, -0.2) is 8.07 Å². The molecule has 4 aromatic carbocycles. The summed E-state index contributed by atoms with van der Waals surface area (Å²) < 4.78 is 0. The molecule has 0 aromatic heterocycles. The van der Waals surface area contributed by atoms with Crippen LogP contribution in [0.25, 0.3) is 0 Å². The highest BCUT2D eigenvalue weighted by molar-refractivity contribution is 7.15. The fourth-order valence-corrected chi connectivity index (χ4v) is 14.9. The third-order valence-electron chi connectivity index (χ3n) is 8.36. The SMILES string of the molecule is Cc1cc(C)c(C2C3c4ccccc4[Si]2(c2c(C)cc(C)cc2C)c2ccccc23)c(C)c1. The van der Waals surface area contributed by atoms with E-state index >= 15 is 0 Å². The average molecular weight is 445 g/mol. The van der Waals surface area contributed by atoms with E-state index in [1.807, 2.05) is 0 Å². The van der Waals surface area contributed by atoms with Crippen molar-refractivity contribution in [2.75, 3.05) is 0 Å². The van der Waals surface area contributed by atoms with E-state index in [1.165, 1.54) is 33.4 Å². The molecular formula is C32H32Si. The van der Waals surface area contributed by atoms with Gasteiger partial charge in [0.1, 0.15) is 0 Å². The Kier molecular flexibility index (Phi) is 4.42. The molecule has 0 radical (unpaired) electrons. The summed E-state index contributed by atoms with van der Waals surface area (Å²) >= 11 is 0. The van der Waals surface area contributed by atoms with Gasteiger partial charge in [0, 0.05) is 11.5 Å². The fourth-order valence-electron chi connectivity index (χ4n) is 7.80. The molecule has 0 spiro atoms. The lowest BCUT2D eigenvalue weighted by Gasteiger charge is -2.37. The van der Waals surface area contributed by atoms with Crippen LogP contribution in [0.15, 0.2) is 72.8 Å². The summed E-state index contributed by atoms with van der Waals surface area (Å²) in [7, 11) is -2.31. The molecule has 0 fully saturated rings. The fraction of sp³-hybridized carbons (Fsp3) is 0.250. The Morgan fingerprint density at radius 3 is 1.45 bits per heavy atom. The van der Waals surface area contributed by atoms with Crippen LogP contribution in [0.2, 0.25) is 0 Å². The van der Waals surface area contributed by atoms with Crippen molar-refractivity contribution in [3.05, 3.63) is 123 Å². The van der Waals surface area contributed by atoms with E-state index in [1.54, 1.807) is 32.3 Å². The monoisotopic (exact) mass is 444 g/mol. The molecule has 2 aliphatic heterocycles. The largest absolute Gasteiger partial charge is 0.157 e. The molecule has 2 aliphatic rings. The van der Waals surface area contributed by atoms with Crippen LogP contribution in [0.5, 0.6) is 0 Å². The molecule has 33 heavy (non-hydrogen) atoms. The second kappa shape index (κ2) is 7.05. The van der Waals surface area contributed by atoms with Gasteiger partial charge in [-0.1, -0.05) is 95.1 Å². The van der Waals surface area contributed by atoms with E-state index in [4.69, 9.17) is 0 Å². The van der Waals surface area contributed by atoms with E-state index in [9.17, 15) is 0 Å². The van der Waals surface area contributed by atoms with Gasteiger partial charge >= 0.3 is 0 Å². The molecule has 2 bridgehead atoms. The van der Waals surface area contributed by atoms with E-state index in [0.717, 1.165) is 0 Å². The van der Waals surface area contributed by atoms with Crippen LogP contribution in [0, 0.1) is 41.5 Å². The first-order valence-electron chi connectivity index (χ1n) is 12.2. The molecule has 0 saturated carbocycles. The summed E-state index contributed by atoms with van der Waals surface area (Å²) in [6, 6.07) is 28.5. The Balaban J connectivity index is 1.82. The van der Waals surface area contributed by atoms with Gasteiger partial charge in [0.05, 0.1) is 0 Å². The molecule has 0 N–H and O–H groups in total. The molecule has 0 amide bonds. The normalized spacial score (nSPS) is 22.4. The highest BCUT2D eigenvalue weighted by Crippen LogP contribution is 2.55. The zero-order valence-corrected chi connectivity index (χ0v) is 21.6. The van der Waals surface area contributed by atoms with Gasteiger partial charge in [-0.05, 0) is 84.9 Å². The number of rotatable bonds is 2. The van der Waals surface area contributed by atoms with Crippen LogP contribution < -0.4 is 15.6 Å². The van der Waals surface area contributed by atoms with E-state index in [2.05, 4.69) is 114 Å². The minimum atomic E-state index is -2.31. The van der Waals surface area contributed by atoms with E-state index in [0.29, 0.717) is 11.5 Å². The average Bonchev–Trinajstić information content (AvgIpc) is 3.20. The number of benzene rings is 4. The van der Waals surface area contributed by atoms with Crippen molar-refractivity contribution >= 4 is 23.6 Å². The highest BCUT2D eigenvalue weighted by Gasteiger charge is 2.64. The van der Waals surface area contributed by atoms with Gasteiger partial charge in [-0.2, -0.15) is 0 Å². The van der Waals surface area contributed by atoms with Crippen LogP contribution in [0.1, 0.15) is 61.5 Å². The zero-order chi connectivity index (χ0) is 23.1. The van der Waals surface area contributed by atoms with Gasteiger partial charge in [-0.25, -0.2) is 0 Å². The van der Waals surface area contributed by atoms with Crippen molar-refractivity contribution in [1.29, 1.82) is 0 Å². The topological polar surface area (TPSA) is 0 Å². The van der Waals surface area contributed by atoms with Crippen LogP contribution >= 0.6 is 0 Å². The lowest BCUT2D eigenvalue weighted by Crippen LogP contribution is -2.69. The molecule has 6 rings (SSSR count). The number of hydrogen-bond acceptors (Lipinski definition) is 0. The molecular weight excluding hydrogens is 412 g/mol. The Bertz CT molecular complexity index is 1350. The predicted molar refractivity (Wildman–Crippen MR) is 143 cm³/mol. The van der Waals surface area contributed by atoms with Gasteiger partial charge in [0.25, 0.3) is 0 Å². The van der Waals surface area contributed by atoms with Gasteiger partial charge in [0.15, 0.2) is 8.07 Å². The van der Waals surface area contributed by atoms with Gasteiger partial charge < -0.3 is 0 Å². The van der Waals surface area contributed by atoms with Crippen LogP contribution in [-0.2, 0) is 0 Å². The maximum atomic E-state index is 2.47. The second-order valence-electron chi connectivity index (χ2n) is 10.5. The molecule has 0 saturated heterocycles. The van der Waals surface area contributed by atoms with Crippen molar-refractivity contribution in [3.63, 3.8) is 0 Å². The summed E-state index contributed by atoms with van der Waals surface area (Å²) in [6.07, 6.45) is 0. The van der Waals surface area contributed by atoms with E-state index in [-0.39, 0.29) is 0 Å². The highest BCUT2D eigenvalue weighted by atomic mass is 28.3. The summed E-state index contributed by atoms with van der Waals surface area (Å²) in [5.74, 6) is 0.448. The van der Waals surface area contributed by atoms with Crippen molar-refractivity contribution in [3.8, 4) is 0 Å². The van der Waals surface area contributed by atoms with E-state index < -0.39 is 8.07 Å². The van der Waals surface area contributed by atoms with Gasteiger partial charge in [0.2, 0.25) is 0 Å². The summed E-state index contributed by atoms with van der Waals surface area (Å²) in [4.78, 5) is 0. The summed E-state index contributed by atoms with van der Waals surface area (Å²) in [6.45, 7) is 13.9. The first kappa shape index (κ1) is 20.7. The smallest absolute Gasteiger partial charge is 0.0623 e. The molecule has 1 unspecified atom stereocenters. The van der Waals surface area contributed by atoms with Crippen molar-refractivity contribution in [1.82, 2.24) is 0 Å². The minimum Gasteiger partial charge on any atom is -0.0623 e. The molecule has 164 valence electrons. The summed E-state index contributed by atoms with van der Waals surface area (Å²) in [5, 5.41) is 4.94. The molecule has 0 aliphatic carbocycles. The Hall–Kier alpha value is -2.90. The second-order valence-corrected chi connectivity index (χ2v) is 14.3. The third kappa shape index (κ3) is 2.57. The van der Waals surface area contributed by atoms with Crippen LogP contribution in [0.3, 0.4) is 0 Å². The third-order valence-corrected chi connectivity index (χ3v) is 14.1. The standard InChI is InChI=1S/C32H32Si/c1-19-15-21(3)29(22(4)16-19)32-30-25-11-7-9-13-27(25)33(32,28-14-10-8-12-26(28)30)31-23(5)17-20(2)18-24(31)6/h7-18,30,32H,1-6H3. The molecule has 2 heterocycles. The quantitative estimate of drug-likeness (QED) is 0.343. The molecule has 0 nitrogen and oxygen atoms in total. The Morgan fingerprint density at radius 2 is 0.970 bits per heavy atom. The summed E-state index contributed by atoms with van der Waals surface area (Å²) in [5.41, 5.74) is 13.9. The maximum absolute atomic E-state index is 2.47. The Labute approximate surface area is 199 Å². The first-order chi connectivity index (χ1) is 15.9. The predicted octanol–water partition coefficient (Wildman–Crippen LogP) is 5.79. The minimum absolute atomic E-state index is 0.448. The van der Waals surface area contributed by atoms with Gasteiger partial charge in [-0.15, -0.1) is 0 Å². The van der Waals surface area contributed by atoms with Gasteiger partial charge in [-0.3, -0.25) is 0 Å². The number of hydrogen-bond donors (Lipinski definition) is 0. The first-order valence-corrected chi connectivity index (χ1v) is 14.3. The van der Waals surface area contributed by atoms with Crippen molar-refractivity contribution in [2.45, 2.75) is 53.0 Å².